The molecule has 1 N–H and O–H groups in total. The molecule has 0 aliphatic rings. The molecule has 0 fully saturated rings. The summed E-state index contributed by atoms with van der Waals surface area (Å²) in [5, 5.41) is 5.12. The van der Waals surface area contributed by atoms with Crippen molar-refractivity contribution in [2.24, 2.45) is 0 Å². The van der Waals surface area contributed by atoms with Gasteiger partial charge in [0.1, 0.15) is 17.2 Å². The van der Waals surface area contributed by atoms with Crippen molar-refractivity contribution in [3.63, 3.8) is 0 Å². The molecule has 0 amide bonds. The smallest absolute Gasteiger partial charge is 0.133 e. The molecule has 0 unspecified atom stereocenters. The number of benzene rings is 1. The Bertz CT molecular complexity index is 558. The molecule has 1 aromatic carbocycles. The maximum atomic E-state index is 5.89. The first-order valence-electron chi connectivity index (χ1n) is 6.63. The molecule has 0 radical (unpaired) electrons. The summed E-state index contributed by atoms with van der Waals surface area (Å²) in [5.74, 6) is 1.81. The van der Waals surface area contributed by atoms with Crippen molar-refractivity contribution in [3.8, 4) is 0 Å². The maximum absolute atomic E-state index is 5.89. The minimum absolute atomic E-state index is 0.767. The monoisotopic (exact) mass is 307 g/mol. The van der Waals surface area contributed by atoms with Gasteiger partial charge in [-0.15, -0.1) is 11.8 Å². The predicted molar refractivity (Wildman–Crippen MR) is 86.6 cm³/mol. The van der Waals surface area contributed by atoms with Crippen molar-refractivity contribution < 1.29 is 0 Å². The molecule has 0 saturated carbocycles. The van der Waals surface area contributed by atoms with Crippen LogP contribution in [0.2, 0.25) is 5.02 Å². The Hall–Kier alpha value is -1.26. The first-order valence-corrected chi connectivity index (χ1v) is 7.99. The average molecular weight is 308 g/mol. The van der Waals surface area contributed by atoms with E-state index in [-0.39, 0.29) is 0 Å². The topological polar surface area (TPSA) is 37.8 Å². The fourth-order valence-corrected chi connectivity index (χ4v) is 2.79. The van der Waals surface area contributed by atoms with Gasteiger partial charge in [0.2, 0.25) is 0 Å². The summed E-state index contributed by atoms with van der Waals surface area (Å²) in [4.78, 5) is 8.66. The van der Waals surface area contributed by atoms with Crippen LogP contribution in [0.5, 0.6) is 0 Å². The van der Waals surface area contributed by atoms with Gasteiger partial charge in [0.25, 0.3) is 0 Å². The molecular weight excluding hydrogens is 290 g/mol. The summed E-state index contributed by atoms with van der Waals surface area (Å²) in [6.45, 7) is 5.13. The number of hydrogen-bond acceptors (Lipinski definition) is 4. The van der Waals surface area contributed by atoms with Gasteiger partial charge in [0, 0.05) is 22.9 Å². The molecule has 106 valence electrons. The van der Waals surface area contributed by atoms with Crippen molar-refractivity contribution in [1.29, 1.82) is 0 Å². The molecular formula is C15H18ClN3S. The van der Waals surface area contributed by atoms with Crippen molar-refractivity contribution in [1.82, 2.24) is 9.97 Å². The van der Waals surface area contributed by atoms with Gasteiger partial charge in [-0.05, 0) is 31.0 Å². The van der Waals surface area contributed by atoms with Crippen LogP contribution in [0.1, 0.15) is 24.5 Å². The standard InChI is InChI=1S/C15H18ClN3S/c1-3-8-17-14-11(2)15(19-10-18-14)20-9-12-4-6-13(16)7-5-12/h4-7,10H,3,8-9H2,1-2H3,(H,17,18,19). The zero-order valence-corrected chi connectivity index (χ0v) is 13.3. The number of thioether (sulfide) groups is 1. The summed E-state index contributed by atoms with van der Waals surface area (Å²) in [6, 6.07) is 7.92. The predicted octanol–water partition coefficient (Wildman–Crippen LogP) is 4.55. The highest BCUT2D eigenvalue weighted by Gasteiger charge is 2.07. The molecule has 1 heterocycles. The Morgan fingerprint density at radius 3 is 2.65 bits per heavy atom. The van der Waals surface area contributed by atoms with Gasteiger partial charge in [-0.2, -0.15) is 0 Å². The van der Waals surface area contributed by atoms with Gasteiger partial charge in [-0.25, -0.2) is 9.97 Å². The van der Waals surface area contributed by atoms with Crippen LogP contribution in [-0.4, -0.2) is 16.5 Å². The maximum Gasteiger partial charge on any atom is 0.133 e. The van der Waals surface area contributed by atoms with Crippen molar-refractivity contribution >= 4 is 29.2 Å². The lowest BCUT2D eigenvalue weighted by Crippen LogP contribution is -2.05. The summed E-state index contributed by atoms with van der Waals surface area (Å²) in [6.07, 6.45) is 2.70. The molecule has 0 aliphatic heterocycles. The Balaban J connectivity index is 2.03. The second-order valence-corrected chi connectivity index (χ2v) is 5.89. The molecule has 20 heavy (non-hydrogen) atoms. The summed E-state index contributed by atoms with van der Waals surface area (Å²) >= 11 is 7.61. The second-order valence-electron chi connectivity index (χ2n) is 4.49. The number of nitrogens with one attached hydrogen (secondary N) is 1. The molecule has 2 aromatic rings. The fraction of sp³-hybridized carbons (Fsp3) is 0.333. The fourth-order valence-electron chi connectivity index (χ4n) is 1.73. The van der Waals surface area contributed by atoms with Gasteiger partial charge < -0.3 is 5.32 Å². The van der Waals surface area contributed by atoms with Crippen molar-refractivity contribution in [2.45, 2.75) is 31.0 Å². The van der Waals surface area contributed by atoms with E-state index < -0.39 is 0 Å². The van der Waals surface area contributed by atoms with Crippen LogP contribution in [0, 0.1) is 6.92 Å². The number of hydrogen-bond donors (Lipinski definition) is 1. The van der Waals surface area contributed by atoms with Crippen LogP contribution >= 0.6 is 23.4 Å². The van der Waals surface area contributed by atoms with E-state index in [0.29, 0.717) is 0 Å². The minimum atomic E-state index is 0.767. The van der Waals surface area contributed by atoms with E-state index in [1.54, 1.807) is 18.1 Å². The van der Waals surface area contributed by atoms with E-state index in [4.69, 9.17) is 11.6 Å². The lowest BCUT2D eigenvalue weighted by atomic mass is 10.2. The Morgan fingerprint density at radius 2 is 1.95 bits per heavy atom. The number of nitrogens with zero attached hydrogens (tertiary/aromatic N) is 2. The number of aromatic nitrogens is 2. The Morgan fingerprint density at radius 1 is 1.20 bits per heavy atom. The van der Waals surface area contributed by atoms with Crippen molar-refractivity contribution in [2.75, 3.05) is 11.9 Å². The molecule has 0 bridgehead atoms. The lowest BCUT2D eigenvalue weighted by Gasteiger charge is -2.10. The average Bonchev–Trinajstić information content (AvgIpc) is 2.47. The highest BCUT2D eigenvalue weighted by molar-refractivity contribution is 7.98. The third kappa shape index (κ3) is 4.12. The van der Waals surface area contributed by atoms with Gasteiger partial charge in [-0.3, -0.25) is 0 Å². The first-order chi connectivity index (χ1) is 9.70. The Labute approximate surface area is 129 Å². The molecule has 1 aromatic heterocycles. The lowest BCUT2D eigenvalue weighted by molar-refractivity contribution is 0.938. The molecule has 0 saturated heterocycles. The molecule has 0 spiro atoms. The number of anilines is 1. The third-order valence-corrected chi connectivity index (χ3v) is 4.28. The number of rotatable bonds is 6. The van der Waals surface area contributed by atoms with E-state index in [1.807, 2.05) is 24.3 Å². The Kier molecular flexibility index (Phi) is 5.68. The highest BCUT2D eigenvalue weighted by Crippen LogP contribution is 2.27. The van der Waals surface area contributed by atoms with Gasteiger partial charge in [0.05, 0.1) is 0 Å². The van der Waals surface area contributed by atoms with Crippen LogP contribution in [-0.2, 0) is 5.75 Å². The summed E-state index contributed by atoms with van der Waals surface area (Å²) in [5.41, 5.74) is 2.35. The normalized spacial score (nSPS) is 10.6. The largest absolute Gasteiger partial charge is 0.370 e. The third-order valence-electron chi connectivity index (χ3n) is 2.87. The van der Waals surface area contributed by atoms with Gasteiger partial charge >= 0.3 is 0 Å². The molecule has 0 aliphatic carbocycles. The second kappa shape index (κ2) is 7.50. The van der Waals surface area contributed by atoms with Crippen LogP contribution in [0.25, 0.3) is 0 Å². The quantitative estimate of drug-likeness (QED) is 0.627. The molecule has 5 heteroatoms. The SMILES string of the molecule is CCCNc1ncnc(SCc2ccc(Cl)cc2)c1C. The van der Waals surface area contributed by atoms with E-state index in [2.05, 4.69) is 29.1 Å². The molecule has 2 rings (SSSR count). The van der Waals surface area contributed by atoms with Crippen LogP contribution < -0.4 is 5.32 Å². The minimum Gasteiger partial charge on any atom is -0.370 e. The van der Waals surface area contributed by atoms with Gasteiger partial charge in [0.15, 0.2) is 0 Å². The van der Waals surface area contributed by atoms with E-state index in [1.165, 1.54) is 5.56 Å². The molecule has 0 atom stereocenters. The number of halogens is 1. The zero-order valence-electron chi connectivity index (χ0n) is 11.7. The zero-order chi connectivity index (χ0) is 14.4. The first kappa shape index (κ1) is 15.1. The van der Waals surface area contributed by atoms with Crippen molar-refractivity contribution in [3.05, 3.63) is 46.7 Å². The van der Waals surface area contributed by atoms with Gasteiger partial charge in [-0.1, -0.05) is 30.7 Å². The summed E-state index contributed by atoms with van der Waals surface area (Å²) < 4.78 is 0. The molecule has 3 nitrogen and oxygen atoms in total. The van der Waals surface area contributed by atoms with Crippen LogP contribution in [0.15, 0.2) is 35.6 Å². The van der Waals surface area contributed by atoms with Crippen LogP contribution in [0.4, 0.5) is 5.82 Å². The van der Waals surface area contributed by atoms with E-state index >= 15 is 0 Å². The van der Waals surface area contributed by atoms with E-state index in [0.717, 1.165) is 40.1 Å². The highest BCUT2D eigenvalue weighted by atomic mass is 35.5. The van der Waals surface area contributed by atoms with E-state index in [9.17, 15) is 0 Å². The summed E-state index contributed by atoms with van der Waals surface area (Å²) in [7, 11) is 0. The van der Waals surface area contributed by atoms with Crippen LogP contribution in [0.3, 0.4) is 0 Å².